The third kappa shape index (κ3) is 3.20. The molecule has 4 rings (SSSR count). The van der Waals surface area contributed by atoms with Crippen molar-refractivity contribution in [1.29, 1.82) is 0 Å². The van der Waals surface area contributed by atoms with Crippen LogP contribution in [0.1, 0.15) is 20.1 Å². The van der Waals surface area contributed by atoms with E-state index in [4.69, 9.17) is 27.9 Å². The number of ether oxygens (including phenoxy) is 1. The molecule has 1 unspecified atom stereocenters. The number of aliphatic hydroxyl groups excluding tert-OH is 3. The van der Waals surface area contributed by atoms with Crippen LogP contribution in [0.5, 0.6) is 0 Å². The van der Waals surface area contributed by atoms with Gasteiger partial charge in [-0.15, -0.1) is 0 Å². The average Bonchev–Trinajstić information content (AvgIpc) is 3.10. The van der Waals surface area contributed by atoms with Gasteiger partial charge in [-0.25, -0.2) is 9.97 Å². The minimum absolute atomic E-state index is 0.0472. The lowest BCUT2D eigenvalue weighted by Gasteiger charge is -2.20. The summed E-state index contributed by atoms with van der Waals surface area (Å²) >= 11 is 12.2. The smallest absolute Gasteiger partial charge is 0.207 e. The van der Waals surface area contributed by atoms with Crippen LogP contribution in [0.25, 0.3) is 22.1 Å². The lowest BCUT2D eigenvalue weighted by molar-refractivity contribution is -0.0501. The predicted octanol–water partition coefficient (Wildman–Crippen LogP) is 2.32. The first-order chi connectivity index (χ1) is 13.3. The van der Waals surface area contributed by atoms with Gasteiger partial charge in [0.15, 0.2) is 11.9 Å². The molecule has 1 saturated heterocycles. The van der Waals surface area contributed by atoms with Crippen molar-refractivity contribution in [3.63, 3.8) is 0 Å². The average molecular weight is 427 g/mol. The van der Waals surface area contributed by atoms with Crippen LogP contribution in [0, 0.1) is 0 Å². The number of nitrogens with one attached hydrogen (secondary N) is 1. The summed E-state index contributed by atoms with van der Waals surface area (Å²) in [7, 11) is 0. The second kappa shape index (κ2) is 7.29. The number of halogens is 2. The number of fused-ring (bicyclic) bond motifs is 2. The molecule has 0 bridgehead atoms. The first-order valence-electron chi connectivity index (χ1n) is 8.87. The second-order valence-electron chi connectivity index (χ2n) is 7.12. The van der Waals surface area contributed by atoms with E-state index in [0.717, 1.165) is 5.39 Å². The van der Waals surface area contributed by atoms with E-state index in [1.54, 1.807) is 16.7 Å². The maximum absolute atomic E-state index is 10.5. The third-order valence-electron chi connectivity index (χ3n) is 4.69. The van der Waals surface area contributed by atoms with Crippen molar-refractivity contribution in [2.75, 3.05) is 11.9 Å². The summed E-state index contributed by atoms with van der Waals surface area (Å²) in [5, 5.41) is 34.9. The molecule has 1 aliphatic heterocycles. The topological polar surface area (TPSA) is 113 Å². The van der Waals surface area contributed by atoms with E-state index in [2.05, 4.69) is 15.3 Å². The highest BCUT2D eigenvalue weighted by Gasteiger charge is 2.45. The fraction of sp³-hybridized carbons (Fsp3) is 0.444. The standard InChI is InChI=1S/C18H20Cl2N4O4/c1-7(2)21-18-23-12-4-8-3-9(19)10(20)5-11(8)22-16(12)24(18)17-15(27)14(26)13(6-25)28-17/h3-5,7,13-15,17,25-27H,6H2,1-2H3,(H,21,23)/t13-,14-,15-,17?/m1/s1. The van der Waals surface area contributed by atoms with E-state index in [1.807, 2.05) is 19.9 Å². The zero-order valence-corrected chi connectivity index (χ0v) is 16.7. The minimum atomic E-state index is -1.26. The van der Waals surface area contributed by atoms with E-state index in [1.165, 1.54) is 0 Å². The summed E-state index contributed by atoms with van der Waals surface area (Å²) in [5.74, 6) is 0.430. The molecular weight excluding hydrogens is 407 g/mol. The SMILES string of the molecule is CC(C)Nc1nc2cc3cc(Cl)c(Cl)cc3nc2n1C1O[C@H](CO)[C@@H](O)[C@H]1O. The van der Waals surface area contributed by atoms with Crippen LogP contribution in [0.2, 0.25) is 10.0 Å². The van der Waals surface area contributed by atoms with Gasteiger partial charge in [-0.1, -0.05) is 23.2 Å². The van der Waals surface area contributed by atoms with Crippen molar-refractivity contribution >= 4 is 51.2 Å². The summed E-state index contributed by atoms with van der Waals surface area (Å²) in [4.78, 5) is 9.23. The Balaban J connectivity index is 1.94. The second-order valence-corrected chi connectivity index (χ2v) is 7.94. The van der Waals surface area contributed by atoms with E-state index in [-0.39, 0.29) is 6.04 Å². The first kappa shape index (κ1) is 19.6. The van der Waals surface area contributed by atoms with Crippen molar-refractivity contribution in [3.05, 3.63) is 28.2 Å². The number of hydrogen-bond acceptors (Lipinski definition) is 7. The van der Waals surface area contributed by atoms with Crippen LogP contribution in [0.4, 0.5) is 5.95 Å². The minimum Gasteiger partial charge on any atom is -0.394 e. The third-order valence-corrected chi connectivity index (χ3v) is 5.41. The molecule has 4 N–H and O–H groups in total. The van der Waals surface area contributed by atoms with E-state index in [9.17, 15) is 15.3 Å². The van der Waals surface area contributed by atoms with Crippen LogP contribution >= 0.6 is 23.2 Å². The van der Waals surface area contributed by atoms with Gasteiger partial charge in [0, 0.05) is 11.4 Å². The van der Waals surface area contributed by atoms with Gasteiger partial charge in [0.2, 0.25) is 5.95 Å². The van der Waals surface area contributed by atoms with Crippen LogP contribution < -0.4 is 5.32 Å². The Kier molecular flexibility index (Phi) is 5.11. The molecule has 3 aromatic rings. The Labute approximate surface area is 170 Å². The number of nitrogens with zero attached hydrogens (tertiary/aromatic N) is 3. The van der Waals surface area contributed by atoms with Crippen molar-refractivity contribution < 1.29 is 20.1 Å². The van der Waals surface area contributed by atoms with Gasteiger partial charge >= 0.3 is 0 Å². The number of aromatic nitrogens is 3. The highest BCUT2D eigenvalue weighted by molar-refractivity contribution is 6.42. The number of rotatable bonds is 4. The number of hydrogen-bond donors (Lipinski definition) is 4. The molecule has 0 aliphatic carbocycles. The van der Waals surface area contributed by atoms with Gasteiger partial charge in [-0.05, 0) is 32.0 Å². The largest absolute Gasteiger partial charge is 0.394 e. The monoisotopic (exact) mass is 426 g/mol. The van der Waals surface area contributed by atoms with Gasteiger partial charge in [0.05, 0.1) is 22.2 Å². The van der Waals surface area contributed by atoms with Crippen molar-refractivity contribution in [2.24, 2.45) is 0 Å². The maximum Gasteiger partial charge on any atom is 0.207 e. The van der Waals surface area contributed by atoms with Crippen molar-refractivity contribution in [3.8, 4) is 0 Å². The fourth-order valence-corrected chi connectivity index (χ4v) is 3.70. The number of anilines is 1. The van der Waals surface area contributed by atoms with Crippen molar-refractivity contribution in [2.45, 2.75) is 44.4 Å². The molecule has 1 aromatic carbocycles. The Morgan fingerprint density at radius 3 is 2.46 bits per heavy atom. The van der Waals surface area contributed by atoms with Crippen LogP contribution in [-0.4, -0.2) is 60.8 Å². The Morgan fingerprint density at radius 2 is 1.82 bits per heavy atom. The summed E-state index contributed by atoms with van der Waals surface area (Å²) in [6, 6.07) is 5.24. The van der Waals surface area contributed by atoms with Gasteiger partial charge in [-0.2, -0.15) is 0 Å². The molecule has 0 spiro atoms. The lowest BCUT2D eigenvalue weighted by atomic mass is 10.1. The number of benzene rings is 1. The van der Waals surface area contributed by atoms with Gasteiger partial charge < -0.3 is 25.4 Å². The normalized spacial score (nSPS) is 25.3. The van der Waals surface area contributed by atoms with Gasteiger partial charge in [-0.3, -0.25) is 4.57 Å². The number of aliphatic hydroxyl groups is 3. The van der Waals surface area contributed by atoms with Crippen LogP contribution in [-0.2, 0) is 4.74 Å². The molecule has 8 nitrogen and oxygen atoms in total. The van der Waals surface area contributed by atoms with E-state index < -0.39 is 31.1 Å². The molecule has 2 aromatic heterocycles. The molecule has 4 atom stereocenters. The zero-order chi connectivity index (χ0) is 20.2. The summed E-state index contributed by atoms with van der Waals surface area (Å²) < 4.78 is 7.31. The van der Waals surface area contributed by atoms with E-state index in [0.29, 0.717) is 32.7 Å². The number of imidazole rings is 1. The molecule has 0 radical (unpaired) electrons. The quantitative estimate of drug-likeness (QED) is 0.506. The fourth-order valence-electron chi connectivity index (χ4n) is 3.37. The maximum atomic E-state index is 10.5. The molecule has 150 valence electrons. The Morgan fingerprint density at radius 1 is 1.11 bits per heavy atom. The zero-order valence-electron chi connectivity index (χ0n) is 15.2. The van der Waals surface area contributed by atoms with Gasteiger partial charge in [0.1, 0.15) is 23.8 Å². The van der Waals surface area contributed by atoms with Gasteiger partial charge in [0.25, 0.3) is 0 Å². The number of pyridine rings is 1. The molecule has 10 heteroatoms. The molecule has 28 heavy (non-hydrogen) atoms. The summed E-state index contributed by atoms with van der Waals surface area (Å²) in [6.45, 7) is 3.48. The molecule has 0 saturated carbocycles. The molecule has 1 aliphatic rings. The highest BCUT2D eigenvalue weighted by Crippen LogP contribution is 2.36. The highest BCUT2D eigenvalue weighted by atomic mass is 35.5. The first-order valence-corrected chi connectivity index (χ1v) is 9.62. The Bertz CT molecular complexity index is 1040. The molecule has 3 heterocycles. The predicted molar refractivity (Wildman–Crippen MR) is 107 cm³/mol. The Hall–Kier alpha value is -1.68. The van der Waals surface area contributed by atoms with Crippen LogP contribution in [0.3, 0.4) is 0 Å². The van der Waals surface area contributed by atoms with Crippen LogP contribution in [0.15, 0.2) is 18.2 Å². The summed E-state index contributed by atoms with van der Waals surface area (Å²) in [6.07, 6.45) is -4.36. The molecule has 1 fully saturated rings. The molecule has 0 amide bonds. The van der Waals surface area contributed by atoms with E-state index >= 15 is 0 Å². The van der Waals surface area contributed by atoms with Crippen molar-refractivity contribution in [1.82, 2.24) is 14.5 Å². The lowest BCUT2D eigenvalue weighted by Crippen LogP contribution is -2.33. The molecular formula is C18H20Cl2N4O4. The summed E-state index contributed by atoms with van der Waals surface area (Å²) in [5.41, 5.74) is 1.61.